The van der Waals surface area contributed by atoms with Gasteiger partial charge in [-0.15, -0.1) is 0 Å². The minimum absolute atomic E-state index is 0.649. The highest BCUT2D eigenvalue weighted by Gasteiger charge is 2.24. The van der Waals surface area contributed by atoms with Gasteiger partial charge in [0.25, 0.3) is 0 Å². The van der Waals surface area contributed by atoms with Gasteiger partial charge in [-0.25, -0.2) is 20.0 Å². The van der Waals surface area contributed by atoms with Gasteiger partial charge >= 0.3 is 0 Å². The van der Waals surface area contributed by atoms with Crippen molar-refractivity contribution in [2.45, 2.75) is 13.0 Å². The van der Waals surface area contributed by atoms with E-state index in [2.05, 4.69) is 36.1 Å². The SMILES string of the molecule is CC(O)C#CC1=C2C=CC(=N2)C(c2ccccc2)=C2C=CC(=N2)C=C2C=CC(=N2)C(c2ccccc2)=C2C=CC1=N2. The van der Waals surface area contributed by atoms with Gasteiger partial charge < -0.3 is 5.11 Å². The average Bonchev–Trinajstić information content (AvgIpc) is 3.80. The molecule has 0 fully saturated rings. The number of aliphatic hydroxyl groups is 1. The van der Waals surface area contributed by atoms with Crippen molar-refractivity contribution in [1.82, 2.24) is 0 Å². The van der Waals surface area contributed by atoms with E-state index in [1.54, 1.807) is 6.92 Å². The lowest BCUT2D eigenvalue weighted by molar-refractivity contribution is 0.253. The second kappa shape index (κ2) is 10.3. The number of fused-ring (bicyclic) bond motifs is 4. The molecule has 41 heavy (non-hydrogen) atoms. The first kappa shape index (κ1) is 24.6. The second-order valence-electron chi connectivity index (χ2n) is 9.89. The van der Waals surface area contributed by atoms with E-state index in [1.165, 1.54) is 0 Å². The van der Waals surface area contributed by atoms with Gasteiger partial charge in [0.1, 0.15) is 6.10 Å². The highest BCUT2D eigenvalue weighted by molar-refractivity contribution is 6.34. The van der Waals surface area contributed by atoms with E-state index in [0.717, 1.165) is 56.5 Å². The second-order valence-corrected chi connectivity index (χ2v) is 9.89. The number of aliphatic imine (C=N–C) groups is 4. The summed E-state index contributed by atoms with van der Waals surface area (Å²) >= 11 is 0. The van der Waals surface area contributed by atoms with E-state index in [1.807, 2.05) is 91.1 Å². The molecule has 5 aliphatic heterocycles. The van der Waals surface area contributed by atoms with E-state index in [4.69, 9.17) is 20.0 Å². The van der Waals surface area contributed by atoms with Gasteiger partial charge in [-0.1, -0.05) is 72.5 Å². The molecule has 5 aliphatic rings. The molecule has 194 valence electrons. The maximum atomic E-state index is 10.0. The summed E-state index contributed by atoms with van der Waals surface area (Å²) in [6.45, 7) is 1.65. The first-order chi connectivity index (χ1) is 20.1. The van der Waals surface area contributed by atoms with Crippen LogP contribution in [0.2, 0.25) is 0 Å². The maximum absolute atomic E-state index is 10.0. The van der Waals surface area contributed by atoms with Crippen LogP contribution in [-0.2, 0) is 0 Å². The Kier molecular flexibility index (Phi) is 6.16. The fourth-order valence-electron chi connectivity index (χ4n) is 5.13. The van der Waals surface area contributed by atoms with Crippen LogP contribution >= 0.6 is 0 Å². The molecular formula is C36H24N4O. The quantitative estimate of drug-likeness (QED) is 0.451. The van der Waals surface area contributed by atoms with Crippen LogP contribution in [0, 0.1) is 11.8 Å². The Hall–Kier alpha value is -5.44. The number of hydrogen-bond acceptors (Lipinski definition) is 5. The normalized spacial score (nSPS) is 19.2. The molecule has 5 heteroatoms. The van der Waals surface area contributed by atoms with Gasteiger partial charge in [-0.05, 0) is 72.7 Å². The largest absolute Gasteiger partial charge is 0.381 e. The Bertz CT molecular complexity index is 1880. The van der Waals surface area contributed by atoms with Crippen LogP contribution in [0.3, 0.4) is 0 Å². The highest BCUT2D eigenvalue weighted by atomic mass is 16.3. The minimum atomic E-state index is -0.792. The molecule has 0 aromatic heterocycles. The Labute approximate surface area is 238 Å². The van der Waals surface area contributed by atoms with Crippen LogP contribution in [0.15, 0.2) is 164 Å². The smallest absolute Gasteiger partial charge is 0.112 e. The molecule has 1 N–H and O–H groups in total. The molecule has 1 unspecified atom stereocenters. The molecule has 2 aromatic carbocycles. The lowest BCUT2D eigenvalue weighted by Crippen LogP contribution is -2.03. The van der Waals surface area contributed by atoms with Gasteiger partial charge in [-0.2, -0.15) is 0 Å². The first-order valence-corrected chi connectivity index (χ1v) is 13.5. The standard InChI is InChI=1S/C36H24N4O/c1-23(41)12-15-28-29-18-20-33(39-29)35(24-8-4-2-5-9-24)31-16-13-26(37-31)22-27-14-17-32(38-27)36(25-10-6-3-7-11-25)34-21-19-30(28)40-34/h2-11,13-14,16-23,41H,1H3. The van der Waals surface area contributed by atoms with Gasteiger partial charge in [0, 0.05) is 11.1 Å². The van der Waals surface area contributed by atoms with Gasteiger partial charge in [0.05, 0.1) is 51.2 Å². The molecule has 0 spiro atoms. The third kappa shape index (κ3) is 4.78. The fraction of sp³-hybridized carbons (Fsp3) is 0.0556. The van der Waals surface area contributed by atoms with Crippen molar-refractivity contribution in [3.8, 4) is 11.8 Å². The summed E-state index contributed by atoms with van der Waals surface area (Å²) in [7, 11) is 0. The molecule has 0 saturated heterocycles. The lowest BCUT2D eigenvalue weighted by atomic mass is 9.99. The summed E-state index contributed by atoms with van der Waals surface area (Å²) in [5.74, 6) is 6.06. The fourth-order valence-corrected chi connectivity index (χ4v) is 5.13. The molecule has 0 saturated carbocycles. The number of allylic oxidation sites excluding steroid dienone is 12. The van der Waals surface area contributed by atoms with Gasteiger partial charge in [-0.3, -0.25) is 0 Å². The Morgan fingerprint density at radius 3 is 1.85 bits per heavy atom. The summed E-state index contributed by atoms with van der Waals surface area (Å²) in [5.41, 5.74) is 10.8. The van der Waals surface area contributed by atoms with Crippen molar-refractivity contribution in [2.75, 3.05) is 0 Å². The van der Waals surface area contributed by atoms with E-state index in [-0.39, 0.29) is 0 Å². The van der Waals surface area contributed by atoms with Gasteiger partial charge in [0.2, 0.25) is 0 Å². The predicted octanol–water partition coefficient (Wildman–Crippen LogP) is 6.39. The summed E-state index contributed by atoms with van der Waals surface area (Å²) in [6, 6.07) is 20.3. The van der Waals surface area contributed by atoms with Crippen LogP contribution in [0.25, 0.3) is 11.1 Å². The summed E-state index contributed by atoms with van der Waals surface area (Å²) in [6.07, 6.45) is 17.2. The minimum Gasteiger partial charge on any atom is -0.381 e. The zero-order valence-electron chi connectivity index (χ0n) is 22.3. The molecule has 0 aliphatic carbocycles. The van der Waals surface area contributed by atoms with Crippen LogP contribution in [0.4, 0.5) is 0 Å². The van der Waals surface area contributed by atoms with Crippen molar-refractivity contribution in [2.24, 2.45) is 20.0 Å². The third-order valence-corrected chi connectivity index (χ3v) is 6.97. The van der Waals surface area contributed by atoms with Crippen LogP contribution in [-0.4, -0.2) is 34.1 Å². The van der Waals surface area contributed by atoms with Gasteiger partial charge in [0.15, 0.2) is 0 Å². The number of hydrogen-bond donors (Lipinski definition) is 1. The zero-order chi connectivity index (χ0) is 27.8. The highest BCUT2D eigenvalue weighted by Crippen LogP contribution is 2.33. The van der Waals surface area contributed by atoms with Crippen LogP contribution in [0.1, 0.15) is 18.1 Å². The predicted molar refractivity (Wildman–Crippen MR) is 168 cm³/mol. The third-order valence-electron chi connectivity index (χ3n) is 6.97. The molecule has 8 bridgehead atoms. The summed E-state index contributed by atoms with van der Waals surface area (Å²) < 4.78 is 0. The van der Waals surface area contributed by atoms with E-state index in [0.29, 0.717) is 17.0 Å². The Balaban J connectivity index is 1.51. The van der Waals surface area contributed by atoms with Crippen molar-refractivity contribution in [3.05, 3.63) is 155 Å². The van der Waals surface area contributed by atoms with Crippen molar-refractivity contribution in [3.63, 3.8) is 0 Å². The molecule has 2 aromatic rings. The zero-order valence-corrected chi connectivity index (χ0v) is 22.3. The number of benzene rings is 2. The van der Waals surface area contributed by atoms with Crippen molar-refractivity contribution in [1.29, 1.82) is 0 Å². The topological polar surface area (TPSA) is 69.7 Å². The molecule has 0 amide bonds. The summed E-state index contributed by atoms with van der Waals surface area (Å²) in [4.78, 5) is 20.0. The molecule has 5 nitrogen and oxygen atoms in total. The average molecular weight is 529 g/mol. The van der Waals surface area contributed by atoms with E-state index in [9.17, 15) is 5.11 Å². The molecule has 0 radical (unpaired) electrons. The first-order valence-electron chi connectivity index (χ1n) is 13.5. The Morgan fingerprint density at radius 2 is 1.15 bits per heavy atom. The van der Waals surface area contributed by atoms with Crippen molar-refractivity contribution < 1.29 is 5.11 Å². The van der Waals surface area contributed by atoms with E-state index >= 15 is 0 Å². The molecule has 5 heterocycles. The lowest BCUT2D eigenvalue weighted by Gasteiger charge is -2.09. The molecular weight excluding hydrogens is 504 g/mol. The van der Waals surface area contributed by atoms with Crippen LogP contribution < -0.4 is 0 Å². The summed E-state index contributed by atoms with van der Waals surface area (Å²) in [5, 5.41) is 10.0. The number of aliphatic hydroxyl groups excluding tert-OH is 1. The van der Waals surface area contributed by atoms with E-state index < -0.39 is 6.10 Å². The van der Waals surface area contributed by atoms with Crippen molar-refractivity contribution >= 4 is 34.0 Å². The maximum Gasteiger partial charge on any atom is 0.112 e. The Morgan fingerprint density at radius 1 is 0.585 bits per heavy atom. The van der Waals surface area contributed by atoms with Crippen LogP contribution in [0.5, 0.6) is 0 Å². The molecule has 1 atom stereocenters. The number of rotatable bonds is 2. The monoisotopic (exact) mass is 528 g/mol. The molecule has 7 rings (SSSR count). The number of nitrogens with zero attached hydrogens (tertiary/aromatic N) is 4.